The number of benzene rings is 2. The van der Waals surface area contributed by atoms with Gasteiger partial charge in [0.1, 0.15) is 18.1 Å². The van der Waals surface area contributed by atoms with Crippen LogP contribution in [0.2, 0.25) is 0 Å². The Kier molecular flexibility index (Phi) is 5.21. The van der Waals surface area contributed by atoms with Gasteiger partial charge in [-0.05, 0) is 37.1 Å². The van der Waals surface area contributed by atoms with E-state index in [2.05, 4.69) is 11.4 Å². The van der Waals surface area contributed by atoms with Crippen LogP contribution in [0.25, 0.3) is 0 Å². The van der Waals surface area contributed by atoms with Gasteiger partial charge in [-0.3, -0.25) is 4.90 Å². The fraction of sp³-hybridized carbons (Fsp3) is 0.316. The molecule has 0 aliphatic carbocycles. The summed E-state index contributed by atoms with van der Waals surface area (Å²) in [6, 6.07) is 15.4. The molecule has 3 rings (SSSR count). The average Bonchev–Trinajstić information content (AvgIpc) is 3.03. The van der Waals surface area contributed by atoms with Gasteiger partial charge in [0, 0.05) is 18.3 Å². The fourth-order valence-corrected chi connectivity index (χ4v) is 2.79. The Bertz CT molecular complexity index is 703. The number of fused-ring (bicyclic) bond motifs is 1. The van der Waals surface area contributed by atoms with Crippen LogP contribution < -0.4 is 19.7 Å². The first-order chi connectivity index (χ1) is 11.8. The summed E-state index contributed by atoms with van der Waals surface area (Å²) < 4.78 is 11.1. The van der Waals surface area contributed by atoms with Gasteiger partial charge in [-0.2, -0.15) is 0 Å². The Labute approximate surface area is 142 Å². The van der Waals surface area contributed by atoms with Crippen LogP contribution in [0.3, 0.4) is 0 Å². The zero-order valence-corrected chi connectivity index (χ0v) is 13.8. The van der Waals surface area contributed by atoms with Crippen molar-refractivity contribution in [3.05, 3.63) is 54.1 Å². The molecule has 1 aliphatic rings. The van der Waals surface area contributed by atoms with Crippen molar-refractivity contribution in [2.75, 3.05) is 31.2 Å². The van der Waals surface area contributed by atoms with Crippen LogP contribution >= 0.6 is 0 Å². The van der Waals surface area contributed by atoms with Crippen LogP contribution in [0.1, 0.15) is 12.5 Å². The summed E-state index contributed by atoms with van der Waals surface area (Å²) in [5.41, 5.74) is 2.22. The Hall–Kier alpha value is -2.69. The van der Waals surface area contributed by atoms with E-state index in [9.17, 15) is 4.79 Å². The van der Waals surface area contributed by atoms with Crippen LogP contribution in [-0.2, 0) is 6.42 Å². The van der Waals surface area contributed by atoms with Gasteiger partial charge < -0.3 is 14.8 Å². The lowest BCUT2D eigenvalue weighted by atomic mass is 10.2. The number of ether oxygens (including phenoxy) is 2. The zero-order chi connectivity index (χ0) is 16.8. The van der Waals surface area contributed by atoms with E-state index in [0.717, 1.165) is 30.2 Å². The molecule has 0 aromatic heterocycles. The lowest BCUT2D eigenvalue weighted by Gasteiger charge is -2.18. The summed E-state index contributed by atoms with van der Waals surface area (Å²) in [4.78, 5) is 14.1. The van der Waals surface area contributed by atoms with Crippen molar-refractivity contribution in [2.24, 2.45) is 0 Å². The third-order valence-corrected chi connectivity index (χ3v) is 3.90. The van der Waals surface area contributed by atoms with Crippen molar-refractivity contribution in [2.45, 2.75) is 13.3 Å². The minimum atomic E-state index is -0.0772. The summed E-state index contributed by atoms with van der Waals surface area (Å²) in [5.74, 6) is 1.52. The van der Waals surface area contributed by atoms with Gasteiger partial charge in [0.2, 0.25) is 0 Å². The summed E-state index contributed by atoms with van der Waals surface area (Å²) in [6.45, 7) is 4.16. The van der Waals surface area contributed by atoms with E-state index >= 15 is 0 Å². The van der Waals surface area contributed by atoms with Gasteiger partial charge in [0.05, 0.1) is 13.2 Å². The molecule has 1 N–H and O–H groups in total. The van der Waals surface area contributed by atoms with E-state index in [1.54, 1.807) is 4.90 Å². The maximum absolute atomic E-state index is 12.3. The van der Waals surface area contributed by atoms with E-state index in [0.29, 0.717) is 19.8 Å². The van der Waals surface area contributed by atoms with Crippen LogP contribution in [-0.4, -0.2) is 32.3 Å². The van der Waals surface area contributed by atoms with Crippen LogP contribution in [0.15, 0.2) is 48.5 Å². The van der Waals surface area contributed by atoms with Crippen molar-refractivity contribution in [1.29, 1.82) is 0 Å². The lowest BCUT2D eigenvalue weighted by molar-refractivity contribution is 0.242. The standard InChI is InChI=1S/C19H22N2O3/c1-2-23-16-7-5-8-17(14-16)24-13-11-20-19(22)21-12-10-15-6-3-4-9-18(15)21/h3-9,14H,2,10-13H2,1H3,(H,20,22). The summed E-state index contributed by atoms with van der Waals surface area (Å²) in [7, 11) is 0. The first-order valence-corrected chi connectivity index (χ1v) is 8.27. The molecule has 126 valence electrons. The number of nitrogens with one attached hydrogen (secondary N) is 1. The number of carbonyl (C=O) groups is 1. The minimum Gasteiger partial charge on any atom is -0.494 e. The van der Waals surface area contributed by atoms with Gasteiger partial charge in [-0.15, -0.1) is 0 Å². The molecule has 24 heavy (non-hydrogen) atoms. The number of hydrogen-bond acceptors (Lipinski definition) is 3. The first-order valence-electron chi connectivity index (χ1n) is 8.27. The third-order valence-electron chi connectivity index (χ3n) is 3.90. The number of amides is 2. The highest BCUT2D eigenvalue weighted by molar-refractivity contribution is 5.94. The molecule has 2 aromatic carbocycles. The predicted octanol–water partition coefficient (Wildman–Crippen LogP) is 3.24. The van der Waals surface area contributed by atoms with E-state index in [4.69, 9.17) is 9.47 Å². The van der Waals surface area contributed by atoms with Gasteiger partial charge in [0.15, 0.2) is 0 Å². The molecule has 0 atom stereocenters. The Balaban J connectivity index is 1.45. The molecule has 5 heteroatoms. The number of urea groups is 1. The molecule has 1 heterocycles. The minimum absolute atomic E-state index is 0.0772. The van der Waals surface area contributed by atoms with Gasteiger partial charge >= 0.3 is 6.03 Å². The van der Waals surface area contributed by atoms with Crippen molar-refractivity contribution in [3.63, 3.8) is 0 Å². The molecule has 0 spiro atoms. The monoisotopic (exact) mass is 326 g/mol. The second kappa shape index (κ2) is 7.73. The topological polar surface area (TPSA) is 50.8 Å². The maximum Gasteiger partial charge on any atom is 0.322 e. The molecular formula is C19H22N2O3. The van der Waals surface area contributed by atoms with Crippen molar-refractivity contribution in [3.8, 4) is 11.5 Å². The Morgan fingerprint density at radius 1 is 1.12 bits per heavy atom. The normalized spacial score (nSPS) is 12.6. The average molecular weight is 326 g/mol. The Morgan fingerprint density at radius 3 is 2.75 bits per heavy atom. The number of hydrogen-bond donors (Lipinski definition) is 1. The van der Waals surface area contributed by atoms with E-state index in [1.165, 1.54) is 5.56 Å². The molecule has 0 radical (unpaired) electrons. The number of carbonyl (C=O) groups excluding carboxylic acids is 1. The molecular weight excluding hydrogens is 304 g/mol. The summed E-state index contributed by atoms with van der Waals surface area (Å²) in [6.07, 6.45) is 0.907. The molecule has 2 aromatic rings. The molecule has 1 aliphatic heterocycles. The van der Waals surface area contributed by atoms with Gasteiger partial charge in [-0.1, -0.05) is 24.3 Å². The SMILES string of the molecule is CCOc1cccc(OCCNC(=O)N2CCc3ccccc32)c1. The molecule has 0 unspecified atom stereocenters. The molecule has 5 nitrogen and oxygen atoms in total. The van der Waals surface area contributed by atoms with Crippen LogP contribution in [0.5, 0.6) is 11.5 Å². The fourth-order valence-electron chi connectivity index (χ4n) is 2.79. The van der Waals surface area contributed by atoms with Crippen LogP contribution in [0, 0.1) is 0 Å². The molecule has 0 saturated carbocycles. The van der Waals surface area contributed by atoms with Crippen molar-refractivity contribution in [1.82, 2.24) is 5.32 Å². The van der Waals surface area contributed by atoms with E-state index < -0.39 is 0 Å². The largest absolute Gasteiger partial charge is 0.494 e. The number of rotatable bonds is 6. The zero-order valence-electron chi connectivity index (χ0n) is 13.8. The Morgan fingerprint density at radius 2 is 1.92 bits per heavy atom. The lowest BCUT2D eigenvalue weighted by Crippen LogP contribution is -2.40. The number of para-hydroxylation sites is 1. The highest BCUT2D eigenvalue weighted by Crippen LogP contribution is 2.27. The third kappa shape index (κ3) is 3.79. The number of nitrogens with zero attached hydrogens (tertiary/aromatic N) is 1. The second-order valence-corrected chi connectivity index (χ2v) is 5.52. The quantitative estimate of drug-likeness (QED) is 0.829. The van der Waals surface area contributed by atoms with E-state index in [-0.39, 0.29) is 6.03 Å². The predicted molar refractivity (Wildman–Crippen MR) is 94.0 cm³/mol. The van der Waals surface area contributed by atoms with Crippen molar-refractivity contribution >= 4 is 11.7 Å². The smallest absolute Gasteiger partial charge is 0.322 e. The molecule has 0 bridgehead atoms. The molecule has 2 amide bonds. The molecule has 0 fully saturated rings. The maximum atomic E-state index is 12.3. The highest BCUT2D eigenvalue weighted by Gasteiger charge is 2.23. The van der Waals surface area contributed by atoms with E-state index in [1.807, 2.05) is 49.4 Å². The molecule has 0 saturated heterocycles. The summed E-state index contributed by atoms with van der Waals surface area (Å²) >= 11 is 0. The van der Waals surface area contributed by atoms with Crippen molar-refractivity contribution < 1.29 is 14.3 Å². The van der Waals surface area contributed by atoms with Gasteiger partial charge in [-0.25, -0.2) is 4.79 Å². The summed E-state index contributed by atoms with van der Waals surface area (Å²) in [5, 5.41) is 2.91. The first kappa shape index (κ1) is 16.2. The number of anilines is 1. The van der Waals surface area contributed by atoms with Gasteiger partial charge in [0.25, 0.3) is 0 Å². The van der Waals surface area contributed by atoms with Crippen LogP contribution in [0.4, 0.5) is 10.5 Å². The highest BCUT2D eigenvalue weighted by atomic mass is 16.5. The second-order valence-electron chi connectivity index (χ2n) is 5.52.